The maximum atomic E-state index is 13.2. The van der Waals surface area contributed by atoms with Gasteiger partial charge in [0.2, 0.25) is 5.91 Å². The van der Waals surface area contributed by atoms with E-state index in [2.05, 4.69) is 20.8 Å². The fraction of sp³-hybridized carbons (Fsp3) is 0.308. The molecular weight excluding hydrogens is 261 g/mol. The maximum absolute atomic E-state index is 13.2. The van der Waals surface area contributed by atoms with Crippen LogP contribution in [0.2, 0.25) is 0 Å². The molecule has 2 aromatic rings. The molecule has 104 valence electrons. The predicted molar refractivity (Wildman–Crippen MR) is 70.3 cm³/mol. The Labute approximate surface area is 115 Å². The van der Waals surface area contributed by atoms with Crippen LogP contribution in [0, 0.1) is 5.82 Å². The lowest BCUT2D eigenvalue weighted by molar-refractivity contribution is -0.117. The molecule has 7 heteroatoms. The van der Waals surface area contributed by atoms with E-state index < -0.39 is 6.04 Å². The molecule has 0 spiro atoms. The summed E-state index contributed by atoms with van der Waals surface area (Å²) in [5.74, 6) is 0.166. The van der Waals surface area contributed by atoms with E-state index in [4.69, 9.17) is 0 Å². The summed E-state index contributed by atoms with van der Waals surface area (Å²) in [7, 11) is 1.84. The highest BCUT2D eigenvalue weighted by Crippen LogP contribution is 2.32. The fourth-order valence-electron chi connectivity index (χ4n) is 2.41. The third kappa shape index (κ3) is 2.05. The molecule has 2 atom stereocenters. The number of anilines is 1. The highest BCUT2D eigenvalue weighted by molar-refractivity contribution is 6.02. The Morgan fingerprint density at radius 1 is 1.50 bits per heavy atom. The van der Waals surface area contributed by atoms with Crippen molar-refractivity contribution in [1.29, 1.82) is 0 Å². The van der Waals surface area contributed by atoms with Crippen molar-refractivity contribution in [2.75, 3.05) is 5.32 Å². The van der Waals surface area contributed by atoms with Crippen LogP contribution in [0.15, 0.2) is 24.5 Å². The van der Waals surface area contributed by atoms with Gasteiger partial charge in [-0.3, -0.25) is 10.1 Å². The molecule has 0 saturated heterocycles. The average Bonchev–Trinajstić information content (AvgIpc) is 2.94. The van der Waals surface area contributed by atoms with Crippen molar-refractivity contribution in [2.24, 2.45) is 7.05 Å². The Hall–Kier alpha value is -2.28. The second kappa shape index (κ2) is 4.68. The van der Waals surface area contributed by atoms with Crippen LogP contribution in [0.3, 0.4) is 0 Å². The smallest absolute Gasteiger partial charge is 0.246 e. The summed E-state index contributed by atoms with van der Waals surface area (Å²) < 4.78 is 14.9. The molecule has 2 heterocycles. The number of aromatic nitrogens is 3. The summed E-state index contributed by atoms with van der Waals surface area (Å²) in [6.45, 7) is 1.90. The molecule has 1 aromatic heterocycles. The number of amides is 1. The van der Waals surface area contributed by atoms with E-state index in [1.165, 1.54) is 12.1 Å². The molecule has 3 rings (SSSR count). The molecule has 1 aromatic carbocycles. The van der Waals surface area contributed by atoms with Gasteiger partial charge in [0.1, 0.15) is 24.0 Å². The normalized spacial score (nSPS) is 18.8. The molecule has 0 bridgehead atoms. The number of carbonyl (C=O) groups is 1. The van der Waals surface area contributed by atoms with Gasteiger partial charge >= 0.3 is 0 Å². The van der Waals surface area contributed by atoms with E-state index in [0.717, 1.165) is 11.4 Å². The minimum absolute atomic E-state index is 0.158. The van der Waals surface area contributed by atoms with E-state index in [1.54, 1.807) is 17.0 Å². The van der Waals surface area contributed by atoms with Gasteiger partial charge in [0.05, 0.1) is 6.04 Å². The van der Waals surface area contributed by atoms with Gasteiger partial charge < -0.3 is 9.88 Å². The Balaban J connectivity index is 1.85. The third-order valence-corrected chi connectivity index (χ3v) is 3.40. The number of fused-ring (bicyclic) bond motifs is 1. The molecular formula is C13H14FN5O. The van der Waals surface area contributed by atoms with Crippen molar-refractivity contribution >= 4 is 11.6 Å². The van der Waals surface area contributed by atoms with Crippen molar-refractivity contribution in [2.45, 2.75) is 19.0 Å². The van der Waals surface area contributed by atoms with Crippen LogP contribution in [-0.4, -0.2) is 20.7 Å². The molecule has 1 aliphatic heterocycles. The van der Waals surface area contributed by atoms with E-state index in [9.17, 15) is 9.18 Å². The fourth-order valence-corrected chi connectivity index (χ4v) is 2.41. The topological polar surface area (TPSA) is 71.8 Å². The summed E-state index contributed by atoms with van der Waals surface area (Å²) >= 11 is 0. The SMILES string of the molecule is CC(NC1C(=O)Nc2cc(F)ccc21)c1nncn1C. The highest BCUT2D eigenvalue weighted by Gasteiger charge is 2.32. The lowest BCUT2D eigenvalue weighted by Crippen LogP contribution is -2.31. The molecule has 1 aliphatic rings. The number of nitrogens with zero attached hydrogens (tertiary/aromatic N) is 3. The molecule has 2 N–H and O–H groups in total. The highest BCUT2D eigenvalue weighted by atomic mass is 19.1. The van der Waals surface area contributed by atoms with Crippen LogP contribution >= 0.6 is 0 Å². The van der Waals surface area contributed by atoms with E-state index >= 15 is 0 Å². The Kier molecular flexibility index (Phi) is 2.98. The van der Waals surface area contributed by atoms with Gasteiger partial charge in [-0.1, -0.05) is 6.07 Å². The molecule has 2 unspecified atom stereocenters. The molecule has 1 amide bonds. The summed E-state index contributed by atoms with van der Waals surface area (Å²) in [4.78, 5) is 12.0. The summed E-state index contributed by atoms with van der Waals surface area (Å²) in [5.41, 5.74) is 1.25. The van der Waals surface area contributed by atoms with Crippen molar-refractivity contribution in [3.8, 4) is 0 Å². The zero-order chi connectivity index (χ0) is 14.3. The molecule has 0 aliphatic carbocycles. The summed E-state index contributed by atoms with van der Waals surface area (Å²) in [5, 5.41) is 13.7. The van der Waals surface area contributed by atoms with Gasteiger partial charge in [0.15, 0.2) is 0 Å². The Morgan fingerprint density at radius 3 is 3.00 bits per heavy atom. The monoisotopic (exact) mass is 275 g/mol. The van der Waals surface area contributed by atoms with Crippen molar-refractivity contribution in [1.82, 2.24) is 20.1 Å². The van der Waals surface area contributed by atoms with E-state index in [0.29, 0.717) is 5.69 Å². The number of halogens is 1. The van der Waals surface area contributed by atoms with Crippen molar-refractivity contribution in [3.05, 3.63) is 41.7 Å². The quantitative estimate of drug-likeness (QED) is 0.885. The van der Waals surface area contributed by atoms with Crippen LogP contribution in [0.1, 0.15) is 30.4 Å². The number of carbonyl (C=O) groups excluding carboxylic acids is 1. The van der Waals surface area contributed by atoms with Crippen molar-refractivity contribution < 1.29 is 9.18 Å². The molecule has 0 saturated carbocycles. The molecule has 20 heavy (non-hydrogen) atoms. The van der Waals surface area contributed by atoms with Crippen molar-refractivity contribution in [3.63, 3.8) is 0 Å². The van der Waals surface area contributed by atoms with Gasteiger partial charge in [0.25, 0.3) is 0 Å². The molecule has 6 nitrogen and oxygen atoms in total. The maximum Gasteiger partial charge on any atom is 0.246 e. The molecule has 0 radical (unpaired) electrons. The summed E-state index contributed by atoms with van der Waals surface area (Å²) in [6.07, 6.45) is 1.60. The van der Waals surface area contributed by atoms with Gasteiger partial charge in [-0.2, -0.15) is 0 Å². The van der Waals surface area contributed by atoms with Gasteiger partial charge in [0, 0.05) is 18.3 Å². The lowest BCUT2D eigenvalue weighted by Gasteiger charge is -2.17. The van der Waals surface area contributed by atoms with E-state index in [-0.39, 0.29) is 17.8 Å². The first-order valence-corrected chi connectivity index (χ1v) is 6.26. The number of aryl methyl sites for hydroxylation is 1. The third-order valence-electron chi connectivity index (χ3n) is 3.40. The summed E-state index contributed by atoms with van der Waals surface area (Å²) in [6, 6.07) is 3.61. The number of benzene rings is 1. The largest absolute Gasteiger partial charge is 0.324 e. The Bertz CT molecular complexity index is 669. The zero-order valence-corrected chi connectivity index (χ0v) is 11.1. The first-order chi connectivity index (χ1) is 9.56. The van der Waals surface area contributed by atoms with Crippen LogP contribution in [0.4, 0.5) is 10.1 Å². The number of nitrogens with one attached hydrogen (secondary N) is 2. The Morgan fingerprint density at radius 2 is 2.30 bits per heavy atom. The predicted octanol–water partition coefficient (Wildman–Crippen LogP) is 1.30. The zero-order valence-electron chi connectivity index (χ0n) is 11.1. The van der Waals surface area contributed by atoms with Gasteiger partial charge in [-0.15, -0.1) is 10.2 Å². The first kappa shape index (κ1) is 12.7. The van der Waals surface area contributed by atoms with Crippen LogP contribution < -0.4 is 10.6 Å². The van der Waals surface area contributed by atoms with Crippen LogP contribution in [0.25, 0.3) is 0 Å². The molecule has 0 fully saturated rings. The van der Waals surface area contributed by atoms with Gasteiger partial charge in [-0.25, -0.2) is 4.39 Å². The number of hydrogen-bond acceptors (Lipinski definition) is 4. The number of hydrogen-bond donors (Lipinski definition) is 2. The second-order valence-electron chi connectivity index (χ2n) is 4.84. The van der Waals surface area contributed by atoms with Crippen LogP contribution in [0.5, 0.6) is 0 Å². The second-order valence-corrected chi connectivity index (χ2v) is 4.84. The van der Waals surface area contributed by atoms with E-state index in [1.807, 2.05) is 14.0 Å². The van der Waals surface area contributed by atoms with Gasteiger partial charge in [-0.05, 0) is 19.1 Å². The standard InChI is InChI=1S/C13H14FN5O/c1-7(12-18-15-6-19(12)2)16-11-9-4-3-8(14)5-10(9)17-13(11)20/h3-7,11,16H,1-2H3,(H,17,20). The first-order valence-electron chi connectivity index (χ1n) is 6.26. The number of rotatable bonds is 3. The average molecular weight is 275 g/mol. The minimum atomic E-state index is -0.516. The minimum Gasteiger partial charge on any atom is -0.324 e. The lowest BCUT2D eigenvalue weighted by atomic mass is 10.1. The van der Waals surface area contributed by atoms with Crippen LogP contribution in [-0.2, 0) is 11.8 Å².